The molecule has 0 heterocycles. The van der Waals surface area contributed by atoms with Crippen LogP contribution < -0.4 is 4.74 Å². The number of carbonyl (C=O) groups is 1. The van der Waals surface area contributed by atoms with E-state index < -0.39 is 9.84 Å². The molecule has 2 aromatic carbocycles. The van der Waals surface area contributed by atoms with Crippen LogP contribution in [-0.4, -0.2) is 27.6 Å². The van der Waals surface area contributed by atoms with E-state index in [1.54, 1.807) is 12.2 Å². The molecule has 0 atom stereocenters. The Morgan fingerprint density at radius 3 is 2.38 bits per heavy atom. The first-order valence-electron chi connectivity index (χ1n) is 7.24. The molecule has 0 aliphatic heterocycles. The predicted octanol–water partition coefficient (Wildman–Crippen LogP) is 3.55. The van der Waals surface area contributed by atoms with Crippen LogP contribution in [0, 0.1) is 0 Å². The fourth-order valence-electron chi connectivity index (χ4n) is 2.10. The Hall–Kier alpha value is -2.66. The summed E-state index contributed by atoms with van der Waals surface area (Å²) in [7, 11) is -2.03. The van der Waals surface area contributed by atoms with Gasteiger partial charge in [0.15, 0.2) is 15.6 Å². The van der Waals surface area contributed by atoms with E-state index in [-0.39, 0.29) is 16.4 Å². The van der Waals surface area contributed by atoms with Gasteiger partial charge in [-0.1, -0.05) is 48.6 Å². The van der Waals surface area contributed by atoms with Crippen LogP contribution in [0.1, 0.15) is 15.9 Å². The molecule has 124 valence electrons. The molecule has 0 fully saturated rings. The van der Waals surface area contributed by atoms with Gasteiger partial charge < -0.3 is 4.74 Å². The number of carbonyl (C=O) groups excluding carboxylic acids is 1. The fraction of sp³-hybridized carbons (Fsp3) is 0.105. The van der Waals surface area contributed by atoms with E-state index in [2.05, 4.69) is 0 Å². The Bertz CT molecular complexity index is 879. The van der Waals surface area contributed by atoms with Crippen molar-refractivity contribution in [3.05, 3.63) is 77.9 Å². The molecule has 0 radical (unpaired) electrons. The lowest BCUT2D eigenvalue weighted by Gasteiger charge is -2.07. The second-order valence-electron chi connectivity index (χ2n) is 5.13. The molecule has 2 rings (SSSR count). The first kappa shape index (κ1) is 17.7. The number of benzene rings is 2. The molecule has 0 aliphatic rings. The monoisotopic (exact) mass is 342 g/mol. The third kappa shape index (κ3) is 4.67. The molecule has 0 amide bonds. The van der Waals surface area contributed by atoms with Crippen molar-refractivity contribution in [3.8, 4) is 5.75 Å². The van der Waals surface area contributed by atoms with Gasteiger partial charge in [-0.25, -0.2) is 8.42 Å². The molecule has 0 N–H and O–H groups in total. The second kappa shape index (κ2) is 7.75. The average Bonchev–Trinajstić information content (AvgIpc) is 2.58. The summed E-state index contributed by atoms with van der Waals surface area (Å²) in [5.41, 5.74) is 1.40. The first-order valence-corrected chi connectivity index (χ1v) is 9.13. The fourth-order valence-corrected chi connectivity index (χ4v) is 2.92. The summed E-state index contributed by atoms with van der Waals surface area (Å²) in [5, 5.41) is 0. The highest BCUT2D eigenvalue weighted by Crippen LogP contribution is 2.25. The van der Waals surface area contributed by atoms with Gasteiger partial charge in [0.05, 0.1) is 7.11 Å². The van der Waals surface area contributed by atoms with Gasteiger partial charge in [-0.05, 0) is 29.8 Å². The van der Waals surface area contributed by atoms with Crippen LogP contribution >= 0.6 is 0 Å². The third-order valence-electron chi connectivity index (χ3n) is 3.29. The van der Waals surface area contributed by atoms with Crippen molar-refractivity contribution in [1.29, 1.82) is 0 Å². The Morgan fingerprint density at radius 1 is 1.04 bits per heavy atom. The number of hydrogen-bond acceptors (Lipinski definition) is 4. The Labute approximate surface area is 142 Å². The van der Waals surface area contributed by atoms with Crippen LogP contribution in [0.2, 0.25) is 0 Å². The highest BCUT2D eigenvalue weighted by atomic mass is 32.2. The van der Waals surface area contributed by atoms with E-state index in [1.165, 1.54) is 31.4 Å². The second-order valence-corrected chi connectivity index (χ2v) is 7.12. The molecule has 0 saturated carbocycles. The van der Waals surface area contributed by atoms with Gasteiger partial charge >= 0.3 is 0 Å². The van der Waals surface area contributed by atoms with E-state index in [1.807, 2.05) is 36.4 Å². The van der Waals surface area contributed by atoms with Crippen molar-refractivity contribution in [3.63, 3.8) is 0 Å². The Morgan fingerprint density at radius 2 is 1.75 bits per heavy atom. The molecule has 4 nitrogen and oxygen atoms in total. The number of ether oxygens (including phenoxy) is 1. The van der Waals surface area contributed by atoms with Crippen molar-refractivity contribution in [2.75, 3.05) is 13.4 Å². The van der Waals surface area contributed by atoms with Crippen LogP contribution in [0.3, 0.4) is 0 Å². The maximum Gasteiger partial charge on any atom is 0.185 e. The van der Waals surface area contributed by atoms with Crippen molar-refractivity contribution < 1.29 is 17.9 Å². The van der Waals surface area contributed by atoms with E-state index in [9.17, 15) is 13.2 Å². The minimum Gasteiger partial charge on any atom is -0.495 e. The summed E-state index contributed by atoms with van der Waals surface area (Å²) in [4.78, 5) is 12.2. The van der Waals surface area contributed by atoms with Crippen LogP contribution in [0.5, 0.6) is 5.75 Å². The van der Waals surface area contributed by atoms with Gasteiger partial charge in [-0.3, -0.25) is 4.79 Å². The molecule has 5 heteroatoms. The number of rotatable bonds is 6. The Kier molecular flexibility index (Phi) is 5.71. The summed E-state index contributed by atoms with van der Waals surface area (Å²) >= 11 is 0. The third-order valence-corrected chi connectivity index (χ3v) is 4.43. The normalized spacial score (nSPS) is 11.9. The van der Waals surface area contributed by atoms with Crippen molar-refractivity contribution in [2.45, 2.75) is 4.90 Å². The topological polar surface area (TPSA) is 60.4 Å². The Balaban J connectivity index is 2.15. The molecule has 0 bridgehead atoms. The number of allylic oxidation sites excluding steroid dienone is 3. The van der Waals surface area contributed by atoms with Crippen molar-refractivity contribution >= 4 is 21.7 Å². The number of ketones is 1. The molecule has 0 aliphatic carbocycles. The lowest BCUT2D eigenvalue weighted by Crippen LogP contribution is -2.03. The summed E-state index contributed by atoms with van der Waals surface area (Å²) < 4.78 is 28.4. The largest absolute Gasteiger partial charge is 0.495 e. The van der Waals surface area contributed by atoms with Gasteiger partial charge in [-0.2, -0.15) is 0 Å². The zero-order valence-corrected chi connectivity index (χ0v) is 14.3. The lowest BCUT2D eigenvalue weighted by molar-refractivity contribution is 0.104. The summed E-state index contributed by atoms with van der Waals surface area (Å²) in [6, 6.07) is 14.0. The predicted molar refractivity (Wildman–Crippen MR) is 95.1 cm³/mol. The highest BCUT2D eigenvalue weighted by Gasteiger charge is 2.15. The van der Waals surface area contributed by atoms with E-state index >= 15 is 0 Å². The maximum atomic E-state index is 12.2. The zero-order valence-electron chi connectivity index (χ0n) is 13.5. The SMILES string of the molecule is COc1cc(C(=O)/C=C/C=C\c2ccccc2)ccc1S(C)(=O)=O. The molecule has 0 spiro atoms. The van der Waals surface area contributed by atoms with Crippen LogP contribution in [-0.2, 0) is 9.84 Å². The van der Waals surface area contributed by atoms with Gasteiger partial charge in [0.1, 0.15) is 10.6 Å². The molecular weight excluding hydrogens is 324 g/mol. The molecule has 0 aromatic heterocycles. The number of sulfone groups is 1. The summed E-state index contributed by atoms with van der Waals surface area (Å²) in [6.07, 6.45) is 7.83. The number of methoxy groups -OCH3 is 1. The molecule has 2 aromatic rings. The molecule has 24 heavy (non-hydrogen) atoms. The quantitative estimate of drug-likeness (QED) is 0.458. The summed E-state index contributed by atoms with van der Waals surface area (Å²) in [5.74, 6) is -0.0670. The van der Waals surface area contributed by atoms with Gasteiger partial charge in [-0.15, -0.1) is 0 Å². The van der Waals surface area contributed by atoms with Crippen molar-refractivity contribution in [1.82, 2.24) is 0 Å². The minimum absolute atomic E-state index is 0.0644. The minimum atomic E-state index is -3.41. The number of hydrogen-bond donors (Lipinski definition) is 0. The summed E-state index contributed by atoms with van der Waals surface area (Å²) in [6.45, 7) is 0. The molecule has 0 saturated heterocycles. The molecule has 0 unspecified atom stereocenters. The highest BCUT2D eigenvalue weighted by molar-refractivity contribution is 7.90. The van der Waals surface area contributed by atoms with E-state index in [0.717, 1.165) is 11.8 Å². The maximum absolute atomic E-state index is 12.2. The zero-order chi connectivity index (χ0) is 17.6. The van der Waals surface area contributed by atoms with Crippen LogP contribution in [0.15, 0.2) is 71.7 Å². The van der Waals surface area contributed by atoms with Gasteiger partial charge in [0, 0.05) is 11.8 Å². The van der Waals surface area contributed by atoms with Crippen LogP contribution in [0.4, 0.5) is 0 Å². The van der Waals surface area contributed by atoms with Crippen LogP contribution in [0.25, 0.3) is 6.08 Å². The van der Waals surface area contributed by atoms with E-state index in [0.29, 0.717) is 5.56 Å². The van der Waals surface area contributed by atoms with E-state index in [4.69, 9.17) is 4.74 Å². The average molecular weight is 342 g/mol. The smallest absolute Gasteiger partial charge is 0.185 e. The van der Waals surface area contributed by atoms with Crippen molar-refractivity contribution in [2.24, 2.45) is 0 Å². The van der Waals surface area contributed by atoms with Gasteiger partial charge in [0.2, 0.25) is 0 Å². The first-order chi connectivity index (χ1) is 11.4. The van der Waals surface area contributed by atoms with Gasteiger partial charge in [0.25, 0.3) is 0 Å². The standard InChI is InChI=1S/C19H18O4S/c1-23-18-14-16(12-13-19(18)24(2,21)22)17(20)11-7-6-10-15-8-4-3-5-9-15/h3-14H,1-2H3/b10-6-,11-7+. The lowest BCUT2D eigenvalue weighted by atomic mass is 10.1. The molecular formula is C19H18O4S.